The van der Waals surface area contributed by atoms with Crippen LogP contribution in [0.25, 0.3) is 0 Å². The predicted octanol–water partition coefficient (Wildman–Crippen LogP) is 4.21. The van der Waals surface area contributed by atoms with Crippen LogP contribution < -0.4 is 0 Å². The molecule has 0 saturated carbocycles. The minimum Gasteiger partial charge on any atom is -0.507 e. The van der Waals surface area contributed by atoms with Crippen molar-refractivity contribution in [2.24, 2.45) is 0 Å². The number of para-hydroxylation sites is 1. The van der Waals surface area contributed by atoms with Gasteiger partial charge in [-0.15, -0.1) is 11.8 Å². The monoisotopic (exact) mass is 275 g/mol. The molecule has 0 heterocycles. The van der Waals surface area contributed by atoms with Gasteiger partial charge < -0.3 is 5.11 Å². The molecule has 0 bridgehead atoms. The summed E-state index contributed by atoms with van der Waals surface area (Å²) in [6, 6.07) is 14.5. The van der Waals surface area contributed by atoms with E-state index in [1.54, 1.807) is 24.3 Å². The van der Waals surface area contributed by atoms with Gasteiger partial charge in [0.05, 0.1) is 11.6 Å². The summed E-state index contributed by atoms with van der Waals surface area (Å²) in [7, 11) is 0. The molecule has 0 spiro atoms. The van der Waals surface area contributed by atoms with Crippen LogP contribution in [0.3, 0.4) is 0 Å². The second-order valence-electron chi connectivity index (χ2n) is 3.67. The summed E-state index contributed by atoms with van der Waals surface area (Å²) >= 11 is 7.60. The second kappa shape index (κ2) is 5.81. The van der Waals surface area contributed by atoms with Crippen LogP contribution in [0.5, 0.6) is 5.75 Å². The molecule has 4 heteroatoms. The maximum Gasteiger partial charge on any atom is 0.129 e. The lowest BCUT2D eigenvalue weighted by Gasteiger charge is -2.06. The normalized spacial score (nSPS) is 10.0. The molecule has 2 nitrogen and oxygen atoms in total. The first-order valence-electron chi connectivity index (χ1n) is 5.30. The molecule has 0 saturated heterocycles. The van der Waals surface area contributed by atoms with Crippen LogP contribution in [0, 0.1) is 11.3 Å². The van der Waals surface area contributed by atoms with Crippen molar-refractivity contribution >= 4 is 23.4 Å². The van der Waals surface area contributed by atoms with Gasteiger partial charge in [0.15, 0.2) is 0 Å². The number of aromatic hydroxyl groups is 1. The predicted molar refractivity (Wildman–Crippen MR) is 73.8 cm³/mol. The zero-order valence-corrected chi connectivity index (χ0v) is 11.0. The first kappa shape index (κ1) is 12.8. The Hall–Kier alpha value is -1.63. The molecule has 0 fully saturated rings. The quantitative estimate of drug-likeness (QED) is 0.854. The molecule has 1 N–H and O–H groups in total. The molecule has 0 radical (unpaired) electrons. The molecule has 90 valence electrons. The van der Waals surface area contributed by atoms with E-state index in [4.69, 9.17) is 16.9 Å². The Morgan fingerprint density at radius 1 is 1.22 bits per heavy atom. The number of hydrogen-bond donors (Lipinski definition) is 1. The summed E-state index contributed by atoms with van der Waals surface area (Å²) in [6.07, 6.45) is 0. The molecule has 2 aromatic rings. The van der Waals surface area contributed by atoms with E-state index in [9.17, 15) is 5.11 Å². The van der Waals surface area contributed by atoms with Crippen LogP contribution in [-0.4, -0.2) is 5.11 Å². The van der Waals surface area contributed by atoms with E-state index in [1.807, 2.05) is 24.3 Å². The zero-order chi connectivity index (χ0) is 13.0. The van der Waals surface area contributed by atoms with Crippen molar-refractivity contribution in [3.63, 3.8) is 0 Å². The summed E-state index contributed by atoms with van der Waals surface area (Å²) < 4.78 is 0. The molecule has 0 atom stereocenters. The standard InChI is InChI=1S/C14H10ClNOS/c15-12-7-10(8-16)5-6-11(12)9-18-14-4-2-1-3-13(14)17/h1-7,17H,9H2. The molecule has 0 aliphatic heterocycles. The molecule has 0 amide bonds. The maximum atomic E-state index is 9.64. The zero-order valence-electron chi connectivity index (χ0n) is 9.43. The van der Waals surface area contributed by atoms with Crippen LogP contribution >= 0.6 is 23.4 Å². The van der Waals surface area contributed by atoms with Crippen molar-refractivity contribution < 1.29 is 5.11 Å². The summed E-state index contributed by atoms with van der Waals surface area (Å²) in [4.78, 5) is 0.818. The van der Waals surface area contributed by atoms with Gasteiger partial charge in [0.2, 0.25) is 0 Å². The number of thioether (sulfide) groups is 1. The highest BCUT2D eigenvalue weighted by Crippen LogP contribution is 2.32. The van der Waals surface area contributed by atoms with Gasteiger partial charge >= 0.3 is 0 Å². The fraction of sp³-hybridized carbons (Fsp3) is 0.0714. The van der Waals surface area contributed by atoms with Crippen LogP contribution in [-0.2, 0) is 5.75 Å². The van der Waals surface area contributed by atoms with Crippen LogP contribution in [0.15, 0.2) is 47.4 Å². The molecule has 2 rings (SSSR count). The molecule has 0 aliphatic rings. The fourth-order valence-electron chi connectivity index (χ4n) is 1.47. The van der Waals surface area contributed by atoms with Gasteiger partial charge in [-0.1, -0.05) is 29.8 Å². The van der Waals surface area contributed by atoms with E-state index in [0.29, 0.717) is 16.3 Å². The van der Waals surface area contributed by atoms with Gasteiger partial charge in [-0.2, -0.15) is 5.26 Å². The van der Waals surface area contributed by atoms with E-state index in [2.05, 4.69) is 0 Å². The third kappa shape index (κ3) is 2.98. The third-order valence-electron chi connectivity index (χ3n) is 2.43. The molecule has 0 aliphatic carbocycles. The largest absolute Gasteiger partial charge is 0.507 e. The van der Waals surface area contributed by atoms with Gasteiger partial charge in [-0.3, -0.25) is 0 Å². The van der Waals surface area contributed by atoms with Crippen molar-refractivity contribution in [2.75, 3.05) is 0 Å². The summed E-state index contributed by atoms with van der Waals surface area (Å²) in [5.41, 5.74) is 1.50. The summed E-state index contributed by atoms with van der Waals surface area (Å²) in [6.45, 7) is 0. The van der Waals surface area contributed by atoms with Crippen molar-refractivity contribution in [2.45, 2.75) is 10.6 Å². The molecule has 0 aromatic heterocycles. The lowest BCUT2D eigenvalue weighted by molar-refractivity contribution is 0.462. The van der Waals surface area contributed by atoms with Crippen molar-refractivity contribution in [1.29, 1.82) is 5.26 Å². The summed E-state index contributed by atoms with van der Waals surface area (Å²) in [5, 5.41) is 19.0. The number of nitriles is 1. The number of benzene rings is 2. The van der Waals surface area contributed by atoms with Crippen molar-refractivity contribution in [3.05, 3.63) is 58.6 Å². The first-order chi connectivity index (χ1) is 8.70. The number of rotatable bonds is 3. The molecule has 18 heavy (non-hydrogen) atoms. The Kier molecular flexibility index (Phi) is 4.14. The van der Waals surface area contributed by atoms with Crippen molar-refractivity contribution in [3.8, 4) is 11.8 Å². The van der Waals surface area contributed by atoms with Crippen LogP contribution in [0.1, 0.15) is 11.1 Å². The highest BCUT2D eigenvalue weighted by molar-refractivity contribution is 7.98. The van der Waals surface area contributed by atoms with E-state index in [0.717, 1.165) is 10.5 Å². The molecular formula is C14H10ClNOS. The Morgan fingerprint density at radius 2 is 2.00 bits per heavy atom. The molecule has 0 unspecified atom stereocenters. The fourth-order valence-corrected chi connectivity index (χ4v) is 2.75. The van der Waals surface area contributed by atoms with Crippen LogP contribution in [0.2, 0.25) is 5.02 Å². The third-order valence-corrected chi connectivity index (χ3v) is 3.89. The van der Waals surface area contributed by atoms with Crippen molar-refractivity contribution in [1.82, 2.24) is 0 Å². The minimum absolute atomic E-state index is 0.271. The number of hydrogen-bond acceptors (Lipinski definition) is 3. The number of halogens is 1. The maximum absolute atomic E-state index is 9.64. The molecular weight excluding hydrogens is 266 g/mol. The van der Waals surface area contributed by atoms with E-state index < -0.39 is 0 Å². The Morgan fingerprint density at radius 3 is 2.67 bits per heavy atom. The average molecular weight is 276 g/mol. The average Bonchev–Trinajstić information content (AvgIpc) is 2.39. The van der Waals surface area contributed by atoms with Gasteiger partial charge in [-0.05, 0) is 29.8 Å². The Labute approximate surface area is 115 Å². The number of phenolic OH excluding ortho intramolecular Hbond substituents is 1. The lowest BCUT2D eigenvalue weighted by atomic mass is 10.2. The lowest BCUT2D eigenvalue weighted by Crippen LogP contribution is -1.85. The molecule has 2 aromatic carbocycles. The van der Waals surface area contributed by atoms with Crippen LogP contribution in [0.4, 0.5) is 0 Å². The second-order valence-corrected chi connectivity index (χ2v) is 5.10. The van der Waals surface area contributed by atoms with Gasteiger partial charge in [0.25, 0.3) is 0 Å². The van der Waals surface area contributed by atoms with Gasteiger partial charge in [0, 0.05) is 15.7 Å². The number of phenols is 1. The minimum atomic E-state index is 0.271. The highest BCUT2D eigenvalue weighted by atomic mass is 35.5. The van der Waals surface area contributed by atoms with Gasteiger partial charge in [0.1, 0.15) is 5.75 Å². The van der Waals surface area contributed by atoms with E-state index in [-0.39, 0.29) is 5.75 Å². The van der Waals surface area contributed by atoms with Gasteiger partial charge in [-0.25, -0.2) is 0 Å². The van der Waals surface area contributed by atoms with E-state index in [1.165, 1.54) is 11.8 Å². The van der Waals surface area contributed by atoms with E-state index >= 15 is 0 Å². The topological polar surface area (TPSA) is 44.0 Å². The Balaban J connectivity index is 2.12. The first-order valence-corrected chi connectivity index (χ1v) is 6.66. The summed E-state index contributed by atoms with van der Waals surface area (Å²) in [5.74, 6) is 0.925. The smallest absolute Gasteiger partial charge is 0.129 e. The SMILES string of the molecule is N#Cc1ccc(CSc2ccccc2O)c(Cl)c1. The highest BCUT2D eigenvalue weighted by Gasteiger charge is 2.05. The number of nitrogens with zero attached hydrogens (tertiary/aromatic N) is 1. The Bertz CT molecular complexity index is 607.